The van der Waals surface area contributed by atoms with Crippen LogP contribution in [0.5, 0.6) is 5.75 Å². The maximum Gasteiger partial charge on any atom is 0.142 e. The number of rotatable bonds is 1. The maximum atomic E-state index is 13.8. The molecule has 0 aliphatic carbocycles. The number of fused-ring (bicyclic) bond motifs is 1. The normalized spacial score (nSPS) is 17.6. The zero-order chi connectivity index (χ0) is 12.5. The molecule has 0 bridgehead atoms. The molecule has 1 aliphatic heterocycles. The van der Waals surface area contributed by atoms with Crippen LogP contribution >= 0.6 is 15.9 Å². The van der Waals surface area contributed by atoms with E-state index >= 15 is 0 Å². The first-order valence-electron chi connectivity index (χ1n) is 5.67. The fourth-order valence-corrected chi connectivity index (χ4v) is 2.44. The van der Waals surface area contributed by atoms with Crippen molar-refractivity contribution in [1.82, 2.24) is 0 Å². The van der Waals surface area contributed by atoms with Gasteiger partial charge in [0.15, 0.2) is 0 Å². The van der Waals surface area contributed by atoms with Gasteiger partial charge in [-0.2, -0.15) is 0 Å². The van der Waals surface area contributed by atoms with Gasteiger partial charge in [-0.15, -0.1) is 0 Å². The van der Waals surface area contributed by atoms with Gasteiger partial charge in [0.1, 0.15) is 18.2 Å². The van der Waals surface area contributed by atoms with Crippen molar-refractivity contribution in [3.05, 3.63) is 58.3 Å². The summed E-state index contributed by atoms with van der Waals surface area (Å²) in [5, 5.41) is 3.30. The summed E-state index contributed by atoms with van der Waals surface area (Å²) in [7, 11) is 0. The van der Waals surface area contributed by atoms with E-state index in [0.717, 1.165) is 15.9 Å². The zero-order valence-corrected chi connectivity index (χ0v) is 11.1. The second kappa shape index (κ2) is 4.61. The molecule has 0 spiro atoms. The first-order chi connectivity index (χ1) is 8.74. The number of halogens is 2. The molecule has 0 aromatic heterocycles. The van der Waals surface area contributed by atoms with E-state index in [4.69, 9.17) is 4.74 Å². The highest BCUT2D eigenvalue weighted by molar-refractivity contribution is 9.10. The van der Waals surface area contributed by atoms with Crippen LogP contribution in [0.1, 0.15) is 11.6 Å². The van der Waals surface area contributed by atoms with Gasteiger partial charge in [-0.05, 0) is 30.3 Å². The van der Waals surface area contributed by atoms with Gasteiger partial charge >= 0.3 is 0 Å². The van der Waals surface area contributed by atoms with E-state index in [1.54, 1.807) is 12.1 Å². The molecule has 0 saturated carbocycles. The van der Waals surface area contributed by atoms with Crippen LogP contribution < -0.4 is 10.1 Å². The molecule has 1 atom stereocenters. The number of anilines is 1. The van der Waals surface area contributed by atoms with E-state index in [2.05, 4.69) is 21.2 Å². The van der Waals surface area contributed by atoms with Gasteiger partial charge in [0.25, 0.3) is 0 Å². The lowest BCUT2D eigenvalue weighted by atomic mass is 10.1. The topological polar surface area (TPSA) is 21.3 Å². The Balaban J connectivity index is 1.94. The average Bonchev–Trinajstić information content (AvgIpc) is 2.41. The molecule has 0 saturated heterocycles. The lowest BCUT2D eigenvalue weighted by Gasteiger charge is -2.28. The molecule has 0 amide bonds. The zero-order valence-electron chi connectivity index (χ0n) is 9.49. The van der Waals surface area contributed by atoms with Crippen molar-refractivity contribution in [2.24, 2.45) is 0 Å². The molecular formula is C14H11BrFNO. The summed E-state index contributed by atoms with van der Waals surface area (Å²) in [5.41, 5.74) is 1.51. The first-order valence-corrected chi connectivity index (χ1v) is 6.46. The van der Waals surface area contributed by atoms with Crippen molar-refractivity contribution in [3.63, 3.8) is 0 Å². The van der Waals surface area contributed by atoms with Crippen LogP contribution in [-0.2, 0) is 0 Å². The van der Waals surface area contributed by atoms with Gasteiger partial charge in [0.05, 0.1) is 11.7 Å². The third kappa shape index (κ3) is 2.08. The molecule has 3 rings (SSSR count). The van der Waals surface area contributed by atoms with E-state index in [1.165, 1.54) is 6.07 Å². The number of hydrogen-bond acceptors (Lipinski definition) is 2. The molecule has 0 fully saturated rings. The van der Waals surface area contributed by atoms with Crippen LogP contribution in [-0.4, -0.2) is 6.61 Å². The van der Waals surface area contributed by atoms with Crippen LogP contribution in [0.15, 0.2) is 46.9 Å². The Kier molecular flexibility index (Phi) is 2.96. The Morgan fingerprint density at radius 3 is 2.94 bits per heavy atom. The number of nitrogens with one attached hydrogen (secondary N) is 1. The van der Waals surface area contributed by atoms with Crippen LogP contribution in [0, 0.1) is 5.82 Å². The van der Waals surface area contributed by atoms with Crippen molar-refractivity contribution >= 4 is 21.6 Å². The van der Waals surface area contributed by atoms with E-state index < -0.39 is 0 Å². The Morgan fingerprint density at radius 1 is 1.22 bits per heavy atom. The van der Waals surface area contributed by atoms with Gasteiger partial charge in [-0.1, -0.05) is 28.1 Å². The summed E-state index contributed by atoms with van der Waals surface area (Å²) in [4.78, 5) is 0. The minimum absolute atomic E-state index is 0.169. The van der Waals surface area contributed by atoms with Gasteiger partial charge in [-0.25, -0.2) is 4.39 Å². The van der Waals surface area contributed by atoms with Gasteiger partial charge in [0.2, 0.25) is 0 Å². The highest BCUT2D eigenvalue weighted by Gasteiger charge is 2.22. The standard InChI is InChI=1S/C14H11BrFNO/c15-9-5-6-11(16)10(7-9)13-8-18-14-4-2-1-3-12(14)17-13/h1-7,13,17H,8H2. The lowest BCUT2D eigenvalue weighted by molar-refractivity contribution is 0.284. The number of para-hydroxylation sites is 2. The second-order valence-electron chi connectivity index (χ2n) is 4.17. The first kappa shape index (κ1) is 11.5. The van der Waals surface area contributed by atoms with Gasteiger partial charge in [0, 0.05) is 10.0 Å². The summed E-state index contributed by atoms with van der Waals surface area (Å²) in [6.07, 6.45) is 0. The summed E-state index contributed by atoms with van der Waals surface area (Å²) in [6, 6.07) is 12.4. The Morgan fingerprint density at radius 2 is 2.06 bits per heavy atom. The molecule has 18 heavy (non-hydrogen) atoms. The minimum atomic E-state index is -0.223. The summed E-state index contributed by atoms with van der Waals surface area (Å²) < 4.78 is 20.3. The van der Waals surface area contributed by atoms with Crippen LogP contribution in [0.4, 0.5) is 10.1 Å². The van der Waals surface area contributed by atoms with Crippen molar-refractivity contribution in [3.8, 4) is 5.75 Å². The van der Waals surface area contributed by atoms with Crippen LogP contribution in [0.2, 0.25) is 0 Å². The number of hydrogen-bond donors (Lipinski definition) is 1. The third-order valence-electron chi connectivity index (χ3n) is 2.96. The van der Waals surface area contributed by atoms with Gasteiger partial charge in [-0.3, -0.25) is 0 Å². The molecule has 1 unspecified atom stereocenters. The number of ether oxygens (including phenoxy) is 1. The highest BCUT2D eigenvalue weighted by Crippen LogP contribution is 2.34. The van der Waals surface area contributed by atoms with Crippen molar-refractivity contribution in [2.45, 2.75) is 6.04 Å². The molecule has 1 aliphatic rings. The van der Waals surface area contributed by atoms with Crippen LogP contribution in [0.3, 0.4) is 0 Å². The third-order valence-corrected chi connectivity index (χ3v) is 3.45. The second-order valence-corrected chi connectivity index (χ2v) is 5.09. The Hall–Kier alpha value is -1.55. The van der Waals surface area contributed by atoms with E-state index in [-0.39, 0.29) is 11.9 Å². The molecule has 4 heteroatoms. The van der Waals surface area contributed by atoms with Gasteiger partial charge < -0.3 is 10.1 Å². The maximum absolute atomic E-state index is 13.8. The number of benzene rings is 2. The smallest absolute Gasteiger partial charge is 0.142 e. The molecule has 2 nitrogen and oxygen atoms in total. The quantitative estimate of drug-likeness (QED) is 0.855. The van der Waals surface area contributed by atoms with E-state index in [1.807, 2.05) is 24.3 Å². The van der Waals surface area contributed by atoms with Crippen molar-refractivity contribution in [1.29, 1.82) is 0 Å². The molecule has 92 valence electrons. The molecule has 1 N–H and O–H groups in total. The van der Waals surface area contributed by atoms with Crippen LogP contribution in [0.25, 0.3) is 0 Å². The molecular weight excluding hydrogens is 297 g/mol. The van der Waals surface area contributed by atoms with E-state index in [9.17, 15) is 4.39 Å². The fourth-order valence-electron chi connectivity index (χ4n) is 2.06. The van der Waals surface area contributed by atoms with Crippen molar-refractivity contribution < 1.29 is 9.13 Å². The predicted octanol–water partition coefficient (Wildman–Crippen LogP) is 4.13. The molecule has 0 radical (unpaired) electrons. The summed E-state index contributed by atoms with van der Waals surface area (Å²) >= 11 is 3.36. The largest absolute Gasteiger partial charge is 0.489 e. The highest BCUT2D eigenvalue weighted by atomic mass is 79.9. The predicted molar refractivity (Wildman–Crippen MR) is 72.4 cm³/mol. The average molecular weight is 308 g/mol. The Labute approximate surface area is 113 Å². The summed E-state index contributed by atoms with van der Waals surface area (Å²) in [5.74, 6) is 0.586. The minimum Gasteiger partial charge on any atom is -0.489 e. The Bertz CT molecular complexity index is 588. The molecule has 2 aromatic rings. The lowest BCUT2D eigenvalue weighted by Crippen LogP contribution is -2.24. The van der Waals surface area contributed by atoms with Crippen molar-refractivity contribution in [2.75, 3.05) is 11.9 Å². The molecule has 2 aromatic carbocycles. The monoisotopic (exact) mass is 307 g/mol. The van der Waals surface area contributed by atoms with E-state index in [0.29, 0.717) is 12.2 Å². The molecule has 1 heterocycles. The fraction of sp³-hybridized carbons (Fsp3) is 0.143. The summed E-state index contributed by atoms with van der Waals surface area (Å²) in [6.45, 7) is 0.421. The SMILES string of the molecule is Fc1ccc(Br)cc1C1COc2ccccc2N1.